The van der Waals surface area contributed by atoms with E-state index in [1.807, 2.05) is 0 Å². The van der Waals surface area contributed by atoms with E-state index in [0.717, 1.165) is 6.42 Å². The molecule has 104 valence electrons. The lowest BCUT2D eigenvalue weighted by molar-refractivity contribution is 0.0696. The number of aromatic nitrogens is 1. The molecule has 0 aromatic carbocycles. The second-order valence-electron chi connectivity index (χ2n) is 5.09. The fourth-order valence-corrected chi connectivity index (χ4v) is 1.25. The Bertz CT molecular complexity index is 472. The summed E-state index contributed by atoms with van der Waals surface area (Å²) in [5.74, 6) is -1.08. The van der Waals surface area contributed by atoms with Gasteiger partial charge in [0.15, 0.2) is 0 Å². The quantitative estimate of drug-likeness (QED) is 0.762. The van der Waals surface area contributed by atoms with Gasteiger partial charge in [0.05, 0.1) is 17.4 Å². The van der Waals surface area contributed by atoms with E-state index in [-0.39, 0.29) is 17.0 Å². The van der Waals surface area contributed by atoms with Gasteiger partial charge in [0, 0.05) is 12.7 Å². The third kappa shape index (κ3) is 4.95. The molecule has 6 nitrogen and oxygen atoms in total. The SMILES string of the molecule is CCC(C)(C)CNC(=O)Nc1cncc(C(=O)O)c1. The second kappa shape index (κ2) is 6.17. The molecule has 1 rings (SSSR count). The molecule has 2 amide bonds. The van der Waals surface area contributed by atoms with Crippen molar-refractivity contribution in [3.05, 3.63) is 24.0 Å². The molecule has 0 fully saturated rings. The standard InChI is InChI=1S/C13H19N3O3/c1-4-13(2,3)8-15-12(19)16-10-5-9(11(17)18)6-14-7-10/h5-7H,4,8H2,1-3H3,(H,17,18)(H2,15,16,19). The van der Waals surface area contributed by atoms with Crippen molar-refractivity contribution in [1.29, 1.82) is 0 Å². The van der Waals surface area contributed by atoms with Crippen LogP contribution in [0.25, 0.3) is 0 Å². The first-order chi connectivity index (χ1) is 8.84. The highest BCUT2D eigenvalue weighted by atomic mass is 16.4. The number of carbonyl (C=O) groups is 2. The first kappa shape index (κ1) is 14.9. The number of nitrogens with one attached hydrogen (secondary N) is 2. The molecule has 0 atom stereocenters. The number of amides is 2. The first-order valence-electron chi connectivity index (χ1n) is 6.07. The van der Waals surface area contributed by atoms with Crippen molar-refractivity contribution in [3.8, 4) is 0 Å². The minimum absolute atomic E-state index is 0.0263. The van der Waals surface area contributed by atoms with Crippen molar-refractivity contribution < 1.29 is 14.7 Å². The topological polar surface area (TPSA) is 91.3 Å². The van der Waals surface area contributed by atoms with Crippen LogP contribution in [-0.2, 0) is 0 Å². The fourth-order valence-electron chi connectivity index (χ4n) is 1.25. The maximum atomic E-state index is 11.7. The van der Waals surface area contributed by atoms with E-state index in [1.165, 1.54) is 18.5 Å². The van der Waals surface area contributed by atoms with Crippen LogP contribution in [0.4, 0.5) is 10.5 Å². The molecule has 1 aromatic rings. The predicted octanol–water partition coefficient (Wildman–Crippen LogP) is 2.34. The van der Waals surface area contributed by atoms with E-state index >= 15 is 0 Å². The Balaban J connectivity index is 2.58. The van der Waals surface area contributed by atoms with Crippen LogP contribution in [-0.4, -0.2) is 28.6 Å². The average molecular weight is 265 g/mol. The van der Waals surface area contributed by atoms with Gasteiger partial charge in [-0.3, -0.25) is 4.98 Å². The lowest BCUT2D eigenvalue weighted by atomic mass is 9.90. The molecule has 1 heterocycles. The summed E-state index contributed by atoms with van der Waals surface area (Å²) in [5, 5.41) is 14.1. The molecule has 19 heavy (non-hydrogen) atoms. The van der Waals surface area contributed by atoms with Crippen LogP contribution in [0.3, 0.4) is 0 Å². The molecule has 6 heteroatoms. The summed E-state index contributed by atoms with van der Waals surface area (Å²) in [6.45, 7) is 6.71. The number of rotatable bonds is 5. The fraction of sp³-hybridized carbons (Fsp3) is 0.462. The summed E-state index contributed by atoms with van der Waals surface area (Å²) in [6, 6.07) is 0.991. The van der Waals surface area contributed by atoms with Crippen molar-refractivity contribution in [3.63, 3.8) is 0 Å². The predicted molar refractivity (Wildman–Crippen MR) is 72.3 cm³/mol. The summed E-state index contributed by atoms with van der Waals surface area (Å²) in [4.78, 5) is 26.2. The van der Waals surface area contributed by atoms with Crippen molar-refractivity contribution in [1.82, 2.24) is 10.3 Å². The molecule has 0 saturated heterocycles. The maximum absolute atomic E-state index is 11.7. The number of hydrogen-bond acceptors (Lipinski definition) is 3. The summed E-state index contributed by atoms with van der Waals surface area (Å²) in [7, 11) is 0. The normalized spacial score (nSPS) is 10.9. The zero-order chi connectivity index (χ0) is 14.5. The van der Waals surface area contributed by atoms with E-state index in [9.17, 15) is 9.59 Å². The Morgan fingerprint density at radius 3 is 2.63 bits per heavy atom. The number of nitrogens with zero attached hydrogens (tertiary/aromatic N) is 1. The van der Waals surface area contributed by atoms with E-state index in [2.05, 4.69) is 36.4 Å². The van der Waals surface area contributed by atoms with Gasteiger partial charge < -0.3 is 15.7 Å². The van der Waals surface area contributed by atoms with Crippen LogP contribution in [0.1, 0.15) is 37.6 Å². The largest absolute Gasteiger partial charge is 0.478 e. The number of aromatic carboxylic acids is 1. The first-order valence-corrected chi connectivity index (χ1v) is 6.07. The summed E-state index contributed by atoms with van der Waals surface area (Å²) in [5.41, 5.74) is 0.414. The molecule has 0 saturated carbocycles. The number of carbonyl (C=O) groups excluding carboxylic acids is 1. The van der Waals surface area contributed by atoms with E-state index in [4.69, 9.17) is 5.11 Å². The number of pyridine rings is 1. The van der Waals surface area contributed by atoms with E-state index in [0.29, 0.717) is 12.2 Å². The van der Waals surface area contributed by atoms with Gasteiger partial charge in [-0.05, 0) is 17.9 Å². The van der Waals surface area contributed by atoms with Gasteiger partial charge in [-0.25, -0.2) is 9.59 Å². The summed E-state index contributed by atoms with van der Waals surface area (Å²) >= 11 is 0. The van der Waals surface area contributed by atoms with Gasteiger partial charge >= 0.3 is 12.0 Å². The molecule has 0 aliphatic carbocycles. The molecule has 3 N–H and O–H groups in total. The number of hydrogen-bond donors (Lipinski definition) is 3. The van der Waals surface area contributed by atoms with E-state index < -0.39 is 5.97 Å². The Kier molecular flexibility index (Phi) is 4.86. The van der Waals surface area contributed by atoms with Gasteiger partial charge in [0.25, 0.3) is 0 Å². The smallest absolute Gasteiger partial charge is 0.337 e. The molecule has 0 unspecified atom stereocenters. The van der Waals surface area contributed by atoms with Crippen LogP contribution >= 0.6 is 0 Å². The molecular formula is C13H19N3O3. The molecule has 0 aliphatic heterocycles. The Labute approximate surface area is 112 Å². The molecule has 1 aromatic heterocycles. The van der Waals surface area contributed by atoms with Crippen LogP contribution in [0, 0.1) is 5.41 Å². The Hall–Kier alpha value is -2.11. The molecule has 0 radical (unpaired) electrons. The van der Waals surface area contributed by atoms with Crippen molar-refractivity contribution in [2.45, 2.75) is 27.2 Å². The van der Waals surface area contributed by atoms with Crippen molar-refractivity contribution in [2.24, 2.45) is 5.41 Å². The van der Waals surface area contributed by atoms with Crippen LogP contribution in [0.2, 0.25) is 0 Å². The van der Waals surface area contributed by atoms with E-state index in [1.54, 1.807) is 0 Å². The highest BCUT2D eigenvalue weighted by molar-refractivity contribution is 5.92. The van der Waals surface area contributed by atoms with Gasteiger partial charge in [-0.1, -0.05) is 20.8 Å². The lowest BCUT2D eigenvalue weighted by Crippen LogP contribution is -2.36. The third-order valence-corrected chi connectivity index (χ3v) is 2.93. The van der Waals surface area contributed by atoms with Crippen LogP contribution in [0.15, 0.2) is 18.5 Å². The van der Waals surface area contributed by atoms with Gasteiger partial charge in [0.2, 0.25) is 0 Å². The molecule has 0 bridgehead atoms. The second-order valence-corrected chi connectivity index (χ2v) is 5.09. The minimum Gasteiger partial charge on any atom is -0.478 e. The van der Waals surface area contributed by atoms with Gasteiger partial charge in [0.1, 0.15) is 0 Å². The van der Waals surface area contributed by atoms with Crippen molar-refractivity contribution in [2.75, 3.05) is 11.9 Å². The summed E-state index contributed by atoms with van der Waals surface area (Å²) < 4.78 is 0. The van der Waals surface area contributed by atoms with Crippen molar-refractivity contribution >= 4 is 17.7 Å². The van der Waals surface area contributed by atoms with Gasteiger partial charge in [-0.15, -0.1) is 0 Å². The van der Waals surface area contributed by atoms with Crippen LogP contribution in [0.5, 0.6) is 0 Å². The lowest BCUT2D eigenvalue weighted by Gasteiger charge is -2.22. The molecule has 0 aliphatic rings. The highest BCUT2D eigenvalue weighted by Crippen LogP contribution is 2.17. The zero-order valence-corrected chi connectivity index (χ0v) is 11.4. The number of carboxylic acid groups (broad SMARTS) is 1. The Morgan fingerprint density at radius 1 is 1.37 bits per heavy atom. The third-order valence-electron chi connectivity index (χ3n) is 2.93. The Morgan fingerprint density at radius 2 is 2.05 bits per heavy atom. The van der Waals surface area contributed by atoms with Crippen LogP contribution < -0.4 is 10.6 Å². The number of urea groups is 1. The molecule has 0 spiro atoms. The summed E-state index contributed by atoms with van der Waals surface area (Å²) in [6.07, 6.45) is 3.58. The maximum Gasteiger partial charge on any atom is 0.337 e. The highest BCUT2D eigenvalue weighted by Gasteiger charge is 2.16. The number of anilines is 1. The molecular weight excluding hydrogens is 246 g/mol. The number of carboxylic acids is 1. The zero-order valence-electron chi connectivity index (χ0n) is 11.4. The average Bonchev–Trinajstić information content (AvgIpc) is 2.37. The minimum atomic E-state index is -1.08. The monoisotopic (exact) mass is 265 g/mol. The van der Waals surface area contributed by atoms with Gasteiger partial charge in [-0.2, -0.15) is 0 Å².